The summed E-state index contributed by atoms with van der Waals surface area (Å²) in [5.74, 6) is 0.465. The minimum Gasteiger partial charge on any atom is -0.506 e. The number of hydrogen-bond donors (Lipinski definition) is 1. The molecule has 3 aromatic heterocycles. The third-order valence-electron chi connectivity index (χ3n) is 5.51. The molecule has 0 spiro atoms. The van der Waals surface area contributed by atoms with E-state index in [0.717, 1.165) is 29.5 Å². The number of nitrogens with zero attached hydrogens (tertiary/aromatic N) is 4. The number of rotatable bonds is 4. The lowest BCUT2D eigenvalue weighted by atomic mass is 9.98. The number of benzene rings is 1. The number of hydrogen-bond acceptors (Lipinski definition) is 4. The van der Waals surface area contributed by atoms with Crippen LogP contribution >= 0.6 is 11.6 Å². The minimum absolute atomic E-state index is 0.0359. The maximum atomic E-state index is 13.4. The van der Waals surface area contributed by atoms with Gasteiger partial charge in [0.05, 0.1) is 23.7 Å². The number of fused-ring (bicyclic) bond motifs is 1. The zero-order valence-electron chi connectivity index (χ0n) is 15.8. The molecule has 1 fully saturated rings. The topological polar surface area (TPSA) is 72.9 Å². The van der Waals surface area contributed by atoms with Crippen molar-refractivity contribution < 1.29 is 5.11 Å². The van der Waals surface area contributed by atoms with E-state index in [9.17, 15) is 9.90 Å². The predicted octanol–water partition coefficient (Wildman–Crippen LogP) is 4.23. The van der Waals surface area contributed by atoms with Crippen LogP contribution in [0.15, 0.2) is 53.8 Å². The fraction of sp³-hybridized carbons (Fsp3) is 0.227. The molecule has 1 aromatic carbocycles. The maximum Gasteiger partial charge on any atom is 0.264 e. The Labute approximate surface area is 172 Å². The van der Waals surface area contributed by atoms with Crippen LogP contribution in [0.4, 0.5) is 0 Å². The summed E-state index contributed by atoms with van der Waals surface area (Å²) >= 11 is 5.95. The molecule has 1 aliphatic rings. The van der Waals surface area contributed by atoms with Crippen LogP contribution in [0.3, 0.4) is 0 Å². The quantitative estimate of drug-likeness (QED) is 0.514. The van der Waals surface area contributed by atoms with E-state index < -0.39 is 0 Å². The molecule has 4 aromatic rings. The van der Waals surface area contributed by atoms with Crippen LogP contribution in [-0.4, -0.2) is 24.2 Å². The third kappa shape index (κ3) is 3.00. The van der Waals surface area contributed by atoms with Crippen molar-refractivity contribution in [1.82, 2.24) is 19.1 Å². The highest BCUT2D eigenvalue weighted by Crippen LogP contribution is 2.40. The van der Waals surface area contributed by atoms with E-state index >= 15 is 0 Å². The van der Waals surface area contributed by atoms with E-state index in [1.807, 2.05) is 31.3 Å². The Morgan fingerprint density at radius 1 is 1.21 bits per heavy atom. The molecule has 0 radical (unpaired) electrons. The SMILES string of the molecule is Cn1cncc1-c1c(O)c2c(-c3ccc(Cl)nc3)cccc2n(CC2CC2)c1=O. The van der Waals surface area contributed by atoms with E-state index in [2.05, 4.69) is 9.97 Å². The molecule has 6 nitrogen and oxygen atoms in total. The first-order chi connectivity index (χ1) is 14.0. The first-order valence-electron chi connectivity index (χ1n) is 9.51. The highest BCUT2D eigenvalue weighted by Gasteiger charge is 2.27. The summed E-state index contributed by atoms with van der Waals surface area (Å²) in [4.78, 5) is 21.8. The second-order valence-corrected chi connectivity index (χ2v) is 7.93. The van der Waals surface area contributed by atoms with Gasteiger partial charge in [-0.15, -0.1) is 0 Å². The predicted molar refractivity (Wildman–Crippen MR) is 113 cm³/mol. The van der Waals surface area contributed by atoms with Crippen LogP contribution in [0.1, 0.15) is 12.8 Å². The summed E-state index contributed by atoms with van der Waals surface area (Å²) in [7, 11) is 1.81. The van der Waals surface area contributed by atoms with Crippen LogP contribution in [0.2, 0.25) is 5.15 Å². The molecular weight excluding hydrogens is 388 g/mol. The average Bonchev–Trinajstić information content (AvgIpc) is 3.45. The number of aromatic nitrogens is 4. The van der Waals surface area contributed by atoms with Crippen molar-refractivity contribution >= 4 is 22.5 Å². The normalized spacial score (nSPS) is 13.9. The Morgan fingerprint density at radius 2 is 2.03 bits per heavy atom. The van der Waals surface area contributed by atoms with Gasteiger partial charge in [-0.05, 0) is 42.5 Å². The molecule has 7 heteroatoms. The number of aryl methyl sites for hydroxylation is 1. The van der Waals surface area contributed by atoms with Crippen molar-refractivity contribution in [2.75, 3.05) is 0 Å². The third-order valence-corrected chi connectivity index (χ3v) is 5.74. The molecule has 0 unspecified atom stereocenters. The number of halogens is 1. The first-order valence-corrected chi connectivity index (χ1v) is 9.89. The Morgan fingerprint density at radius 3 is 2.69 bits per heavy atom. The molecule has 0 bridgehead atoms. The van der Waals surface area contributed by atoms with Crippen LogP contribution in [0.25, 0.3) is 33.3 Å². The summed E-state index contributed by atoms with van der Waals surface area (Å²) < 4.78 is 3.54. The Kier molecular flexibility index (Phi) is 4.17. The number of pyridine rings is 2. The minimum atomic E-state index is -0.197. The first kappa shape index (κ1) is 17.9. The summed E-state index contributed by atoms with van der Waals surface area (Å²) in [6.07, 6.45) is 7.15. The Hall–Kier alpha value is -3.12. The van der Waals surface area contributed by atoms with Crippen LogP contribution in [-0.2, 0) is 13.6 Å². The van der Waals surface area contributed by atoms with E-state index in [0.29, 0.717) is 28.7 Å². The lowest BCUT2D eigenvalue weighted by Gasteiger charge is -2.17. The Bertz CT molecular complexity index is 1290. The number of imidazole rings is 1. The van der Waals surface area contributed by atoms with Crippen molar-refractivity contribution in [2.45, 2.75) is 19.4 Å². The van der Waals surface area contributed by atoms with Gasteiger partial charge in [-0.3, -0.25) is 4.79 Å². The lowest BCUT2D eigenvalue weighted by Crippen LogP contribution is -2.24. The second kappa shape index (κ2) is 6.74. The molecule has 1 aliphatic carbocycles. The van der Waals surface area contributed by atoms with Crippen molar-refractivity contribution in [3.8, 4) is 28.1 Å². The van der Waals surface area contributed by atoms with E-state index in [1.54, 1.807) is 33.9 Å². The second-order valence-electron chi connectivity index (χ2n) is 7.54. The standard InChI is InChI=1S/C22H19ClN4O2/c1-26-12-24-10-17(26)20-21(28)19-15(14-7-8-18(23)25-9-14)3-2-4-16(19)27(22(20)29)11-13-5-6-13/h2-4,7-10,12-13,28H,5-6,11H2,1H3. The molecule has 0 aliphatic heterocycles. The monoisotopic (exact) mass is 406 g/mol. The van der Waals surface area contributed by atoms with Crippen molar-refractivity contribution in [3.63, 3.8) is 0 Å². The summed E-state index contributed by atoms with van der Waals surface area (Å²) in [6, 6.07) is 9.29. The average molecular weight is 407 g/mol. The van der Waals surface area contributed by atoms with Gasteiger partial charge in [0.1, 0.15) is 16.5 Å². The van der Waals surface area contributed by atoms with E-state index in [4.69, 9.17) is 11.6 Å². The van der Waals surface area contributed by atoms with Crippen molar-refractivity contribution in [2.24, 2.45) is 13.0 Å². The molecule has 0 amide bonds. The van der Waals surface area contributed by atoms with Crippen molar-refractivity contribution in [1.29, 1.82) is 0 Å². The Balaban J connectivity index is 1.88. The fourth-order valence-electron chi connectivity index (χ4n) is 3.83. The van der Waals surface area contributed by atoms with Crippen LogP contribution in [0.5, 0.6) is 5.75 Å². The van der Waals surface area contributed by atoms with Gasteiger partial charge in [-0.25, -0.2) is 9.97 Å². The van der Waals surface area contributed by atoms with Gasteiger partial charge >= 0.3 is 0 Å². The molecule has 29 heavy (non-hydrogen) atoms. The van der Waals surface area contributed by atoms with Gasteiger partial charge in [-0.2, -0.15) is 0 Å². The van der Waals surface area contributed by atoms with Gasteiger partial charge in [0.2, 0.25) is 0 Å². The molecule has 1 saturated carbocycles. The largest absolute Gasteiger partial charge is 0.506 e. The van der Waals surface area contributed by atoms with Gasteiger partial charge in [0.25, 0.3) is 5.56 Å². The van der Waals surface area contributed by atoms with Gasteiger partial charge in [0.15, 0.2) is 0 Å². The van der Waals surface area contributed by atoms with Gasteiger partial charge in [0, 0.05) is 30.7 Å². The highest BCUT2D eigenvalue weighted by atomic mass is 35.5. The van der Waals surface area contributed by atoms with Gasteiger partial charge < -0.3 is 14.2 Å². The van der Waals surface area contributed by atoms with E-state index in [1.165, 1.54) is 0 Å². The fourth-order valence-corrected chi connectivity index (χ4v) is 3.94. The summed E-state index contributed by atoms with van der Waals surface area (Å²) in [5, 5.41) is 12.3. The van der Waals surface area contributed by atoms with Gasteiger partial charge in [-0.1, -0.05) is 23.7 Å². The summed E-state index contributed by atoms with van der Waals surface area (Å²) in [6.45, 7) is 0.642. The smallest absolute Gasteiger partial charge is 0.264 e. The van der Waals surface area contributed by atoms with Crippen LogP contribution in [0, 0.1) is 5.92 Å². The number of aromatic hydroxyl groups is 1. The molecule has 3 heterocycles. The molecule has 1 N–H and O–H groups in total. The molecule has 146 valence electrons. The summed E-state index contributed by atoms with van der Waals surface area (Å²) in [5.41, 5.74) is 3.00. The zero-order chi connectivity index (χ0) is 20.1. The molecule has 5 rings (SSSR count). The zero-order valence-corrected chi connectivity index (χ0v) is 16.6. The lowest BCUT2D eigenvalue weighted by molar-refractivity contribution is 0.479. The van der Waals surface area contributed by atoms with Crippen LogP contribution < -0.4 is 5.56 Å². The van der Waals surface area contributed by atoms with E-state index in [-0.39, 0.29) is 16.9 Å². The highest BCUT2D eigenvalue weighted by molar-refractivity contribution is 6.29. The molecule has 0 saturated heterocycles. The maximum absolute atomic E-state index is 13.4. The molecular formula is C22H19ClN4O2. The molecule has 0 atom stereocenters. The van der Waals surface area contributed by atoms with Crippen molar-refractivity contribution in [3.05, 3.63) is 64.6 Å².